The Hall–Kier alpha value is -1.55. The molecule has 4 heteroatoms. The average Bonchev–Trinajstić information content (AvgIpc) is 2.75. The highest BCUT2D eigenvalue weighted by atomic mass is 32.1. The quantitative estimate of drug-likeness (QED) is 0.866. The smallest absolute Gasteiger partial charge is 0.0935 e. The van der Waals surface area contributed by atoms with Gasteiger partial charge in [-0.1, -0.05) is 19.9 Å². The average molecular weight is 275 g/mol. The Morgan fingerprint density at radius 2 is 2.05 bits per heavy atom. The standard InChI is InChI=1S/C15H21N3S/c1-10(2)7-15-17-13(9-19-15)11-5-6-14(18(3)4)12(16)8-11/h5-6,8-10H,7,16H2,1-4H3. The van der Waals surface area contributed by atoms with Crippen LogP contribution in [0, 0.1) is 5.92 Å². The van der Waals surface area contributed by atoms with Gasteiger partial charge in [-0.05, 0) is 18.1 Å². The highest BCUT2D eigenvalue weighted by Gasteiger charge is 2.08. The summed E-state index contributed by atoms with van der Waals surface area (Å²) >= 11 is 1.73. The molecule has 102 valence electrons. The first kappa shape index (κ1) is 13.9. The summed E-state index contributed by atoms with van der Waals surface area (Å²) in [4.78, 5) is 6.70. The molecule has 1 aromatic heterocycles. The van der Waals surface area contributed by atoms with Crippen molar-refractivity contribution in [2.24, 2.45) is 5.92 Å². The van der Waals surface area contributed by atoms with Gasteiger partial charge in [0.1, 0.15) is 0 Å². The highest BCUT2D eigenvalue weighted by molar-refractivity contribution is 7.09. The van der Waals surface area contributed by atoms with Crippen molar-refractivity contribution in [3.05, 3.63) is 28.6 Å². The predicted octanol–water partition coefficient (Wildman–Crippen LogP) is 3.66. The topological polar surface area (TPSA) is 42.2 Å². The van der Waals surface area contributed by atoms with Crippen LogP contribution in [0.2, 0.25) is 0 Å². The van der Waals surface area contributed by atoms with Crippen LogP contribution in [-0.2, 0) is 6.42 Å². The van der Waals surface area contributed by atoms with Crippen LogP contribution in [0.3, 0.4) is 0 Å². The van der Waals surface area contributed by atoms with Crippen molar-refractivity contribution in [3.8, 4) is 11.3 Å². The summed E-state index contributed by atoms with van der Waals surface area (Å²) in [5, 5.41) is 3.31. The Morgan fingerprint density at radius 3 is 2.63 bits per heavy atom. The van der Waals surface area contributed by atoms with Gasteiger partial charge in [-0.2, -0.15) is 0 Å². The number of nitrogen functional groups attached to an aromatic ring is 1. The number of anilines is 2. The number of hydrogen-bond donors (Lipinski definition) is 1. The molecule has 2 N–H and O–H groups in total. The van der Waals surface area contributed by atoms with E-state index in [1.807, 2.05) is 31.1 Å². The number of benzene rings is 1. The molecule has 0 fully saturated rings. The van der Waals surface area contributed by atoms with E-state index < -0.39 is 0 Å². The fourth-order valence-corrected chi connectivity index (χ4v) is 3.02. The van der Waals surface area contributed by atoms with E-state index in [0.29, 0.717) is 5.92 Å². The third kappa shape index (κ3) is 3.26. The van der Waals surface area contributed by atoms with Crippen molar-refractivity contribution in [3.63, 3.8) is 0 Å². The second-order valence-corrected chi connectivity index (χ2v) is 6.34. The van der Waals surface area contributed by atoms with Crippen LogP contribution in [0.15, 0.2) is 23.6 Å². The second-order valence-electron chi connectivity index (χ2n) is 5.39. The lowest BCUT2D eigenvalue weighted by molar-refractivity contribution is 0.645. The van der Waals surface area contributed by atoms with Gasteiger partial charge in [0.2, 0.25) is 0 Å². The zero-order valence-electron chi connectivity index (χ0n) is 12.0. The van der Waals surface area contributed by atoms with Crippen molar-refractivity contribution in [2.45, 2.75) is 20.3 Å². The molecular weight excluding hydrogens is 254 g/mol. The molecule has 1 heterocycles. The van der Waals surface area contributed by atoms with Crippen LogP contribution in [-0.4, -0.2) is 19.1 Å². The number of thiazole rings is 1. The molecule has 0 bridgehead atoms. The van der Waals surface area contributed by atoms with E-state index >= 15 is 0 Å². The van der Waals surface area contributed by atoms with E-state index in [0.717, 1.165) is 29.1 Å². The number of aromatic nitrogens is 1. The SMILES string of the molecule is CC(C)Cc1nc(-c2ccc(N(C)C)c(N)c2)cs1. The molecule has 0 amide bonds. The first-order valence-electron chi connectivity index (χ1n) is 6.49. The molecule has 1 aromatic carbocycles. The van der Waals surface area contributed by atoms with Gasteiger partial charge in [-0.15, -0.1) is 11.3 Å². The molecule has 0 saturated carbocycles. The van der Waals surface area contributed by atoms with Crippen LogP contribution >= 0.6 is 11.3 Å². The molecular formula is C15H21N3S. The highest BCUT2D eigenvalue weighted by Crippen LogP contribution is 2.29. The summed E-state index contributed by atoms with van der Waals surface area (Å²) in [5.74, 6) is 0.639. The second kappa shape index (κ2) is 5.61. The normalized spacial score (nSPS) is 11.0. The summed E-state index contributed by atoms with van der Waals surface area (Å²) in [7, 11) is 3.99. The Bertz CT molecular complexity index is 558. The van der Waals surface area contributed by atoms with Crippen LogP contribution in [0.4, 0.5) is 11.4 Å². The van der Waals surface area contributed by atoms with Gasteiger partial charge in [0.05, 0.1) is 22.1 Å². The van der Waals surface area contributed by atoms with Crippen LogP contribution in [0.5, 0.6) is 0 Å². The van der Waals surface area contributed by atoms with Gasteiger partial charge in [0.25, 0.3) is 0 Å². The molecule has 0 atom stereocenters. The van der Waals surface area contributed by atoms with Crippen molar-refractivity contribution in [2.75, 3.05) is 24.7 Å². The maximum absolute atomic E-state index is 6.08. The molecule has 0 aliphatic rings. The summed E-state index contributed by atoms with van der Waals surface area (Å²) < 4.78 is 0. The van der Waals surface area contributed by atoms with Gasteiger partial charge in [-0.3, -0.25) is 0 Å². The van der Waals surface area contributed by atoms with Gasteiger partial charge in [0.15, 0.2) is 0 Å². The Labute approximate surface area is 119 Å². The largest absolute Gasteiger partial charge is 0.397 e. The molecule has 0 aliphatic carbocycles. The molecule has 2 rings (SSSR count). The van der Waals surface area contributed by atoms with E-state index in [9.17, 15) is 0 Å². The fraction of sp³-hybridized carbons (Fsp3) is 0.400. The molecule has 0 saturated heterocycles. The molecule has 0 unspecified atom stereocenters. The molecule has 0 aliphatic heterocycles. The van der Waals surface area contributed by atoms with Crippen LogP contribution in [0.25, 0.3) is 11.3 Å². The van der Waals surface area contributed by atoms with Gasteiger partial charge < -0.3 is 10.6 Å². The zero-order valence-corrected chi connectivity index (χ0v) is 12.8. The number of rotatable bonds is 4. The third-order valence-electron chi connectivity index (χ3n) is 2.94. The summed E-state index contributed by atoms with van der Waals surface area (Å²) in [6, 6.07) is 6.13. The predicted molar refractivity (Wildman–Crippen MR) is 84.8 cm³/mol. The molecule has 0 spiro atoms. The van der Waals surface area contributed by atoms with Crippen molar-refractivity contribution in [1.29, 1.82) is 0 Å². The maximum atomic E-state index is 6.08. The number of nitrogens with zero attached hydrogens (tertiary/aromatic N) is 2. The zero-order chi connectivity index (χ0) is 14.0. The summed E-state index contributed by atoms with van der Waals surface area (Å²) in [5.41, 5.74) is 10.0. The lowest BCUT2D eigenvalue weighted by Crippen LogP contribution is -2.10. The van der Waals surface area contributed by atoms with Crippen LogP contribution < -0.4 is 10.6 Å². The third-order valence-corrected chi connectivity index (χ3v) is 3.81. The molecule has 3 nitrogen and oxygen atoms in total. The van der Waals surface area contributed by atoms with E-state index in [4.69, 9.17) is 5.73 Å². The van der Waals surface area contributed by atoms with Gasteiger partial charge in [0, 0.05) is 31.5 Å². The molecule has 2 aromatic rings. The van der Waals surface area contributed by atoms with E-state index in [1.54, 1.807) is 11.3 Å². The molecule has 0 radical (unpaired) electrons. The first-order valence-corrected chi connectivity index (χ1v) is 7.37. The Kier molecular flexibility index (Phi) is 4.10. The lowest BCUT2D eigenvalue weighted by atomic mass is 10.1. The minimum absolute atomic E-state index is 0.639. The molecule has 19 heavy (non-hydrogen) atoms. The minimum atomic E-state index is 0.639. The van der Waals surface area contributed by atoms with Gasteiger partial charge >= 0.3 is 0 Å². The Balaban J connectivity index is 2.27. The van der Waals surface area contributed by atoms with Crippen LogP contribution in [0.1, 0.15) is 18.9 Å². The van der Waals surface area contributed by atoms with E-state index in [-0.39, 0.29) is 0 Å². The summed E-state index contributed by atoms with van der Waals surface area (Å²) in [6.07, 6.45) is 1.04. The fourth-order valence-electron chi connectivity index (χ4n) is 2.01. The lowest BCUT2D eigenvalue weighted by Gasteiger charge is -2.15. The van der Waals surface area contributed by atoms with E-state index in [2.05, 4.69) is 30.3 Å². The van der Waals surface area contributed by atoms with Crippen molar-refractivity contribution in [1.82, 2.24) is 4.98 Å². The van der Waals surface area contributed by atoms with E-state index in [1.165, 1.54) is 5.01 Å². The van der Waals surface area contributed by atoms with Crippen molar-refractivity contribution >= 4 is 22.7 Å². The number of hydrogen-bond acceptors (Lipinski definition) is 4. The first-order chi connectivity index (χ1) is 8.97. The minimum Gasteiger partial charge on any atom is -0.397 e. The summed E-state index contributed by atoms with van der Waals surface area (Å²) in [6.45, 7) is 4.43. The number of nitrogens with two attached hydrogens (primary N) is 1. The maximum Gasteiger partial charge on any atom is 0.0935 e. The van der Waals surface area contributed by atoms with Gasteiger partial charge in [-0.25, -0.2) is 4.98 Å². The van der Waals surface area contributed by atoms with Crippen molar-refractivity contribution < 1.29 is 0 Å². The Morgan fingerprint density at radius 1 is 1.32 bits per heavy atom. The monoisotopic (exact) mass is 275 g/mol.